The molecule has 3 aromatic rings. The van der Waals surface area contributed by atoms with Gasteiger partial charge in [0, 0.05) is 25.2 Å². The zero-order valence-electron chi connectivity index (χ0n) is 11.8. The van der Waals surface area contributed by atoms with E-state index in [2.05, 4.69) is 9.88 Å². The highest BCUT2D eigenvalue weighted by atomic mass is 19.1. The van der Waals surface area contributed by atoms with Crippen LogP contribution >= 0.6 is 0 Å². The molecule has 1 aromatic heterocycles. The molecule has 0 saturated carbocycles. The van der Waals surface area contributed by atoms with Gasteiger partial charge < -0.3 is 10.6 Å². The Labute approximate surface area is 122 Å². The number of nitrogens with two attached hydrogens (primary N) is 1. The van der Waals surface area contributed by atoms with E-state index in [1.165, 1.54) is 12.1 Å². The van der Waals surface area contributed by atoms with Gasteiger partial charge in [-0.15, -0.1) is 0 Å². The van der Waals surface area contributed by atoms with Crippen molar-refractivity contribution < 1.29 is 4.39 Å². The van der Waals surface area contributed by atoms with Crippen LogP contribution in [0, 0.1) is 5.82 Å². The van der Waals surface area contributed by atoms with Gasteiger partial charge in [-0.25, -0.2) is 4.39 Å². The van der Waals surface area contributed by atoms with Crippen LogP contribution < -0.4 is 10.6 Å². The molecular formula is C17H16FN3. The third-order valence-electron chi connectivity index (χ3n) is 3.55. The number of fused-ring (bicyclic) bond motifs is 1. The van der Waals surface area contributed by atoms with Crippen LogP contribution in [-0.4, -0.2) is 12.0 Å². The summed E-state index contributed by atoms with van der Waals surface area (Å²) in [7, 11) is 1.97. The highest BCUT2D eigenvalue weighted by Crippen LogP contribution is 2.30. The Morgan fingerprint density at radius 1 is 1.10 bits per heavy atom. The summed E-state index contributed by atoms with van der Waals surface area (Å²) < 4.78 is 12.9. The number of benzene rings is 2. The molecule has 3 nitrogen and oxygen atoms in total. The van der Waals surface area contributed by atoms with Gasteiger partial charge in [-0.2, -0.15) is 0 Å². The molecule has 0 fully saturated rings. The van der Waals surface area contributed by atoms with Gasteiger partial charge in [0.2, 0.25) is 0 Å². The van der Waals surface area contributed by atoms with E-state index in [-0.39, 0.29) is 5.82 Å². The summed E-state index contributed by atoms with van der Waals surface area (Å²) in [6.45, 7) is 0.663. The molecule has 0 bridgehead atoms. The van der Waals surface area contributed by atoms with Gasteiger partial charge in [-0.05, 0) is 42.0 Å². The van der Waals surface area contributed by atoms with Crippen molar-refractivity contribution in [3.63, 3.8) is 0 Å². The molecule has 106 valence electrons. The van der Waals surface area contributed by atoms with Crippen molar-refractivity contribution in [1.29, 1.82) is 0 Å². The molecule has 0 spiro atoms. The SMILES string of the molecule is CN(Cc1ccc(F)cc1)c1ccc2ncccc2c1N. The van der Waals surface area contributed by atoms with E-state index in [0.29, 0.717) is 12.2 Å². The highest BCUT2D eigenvalue weighted by Gasteiger charge is 2.09. The molecule has 2 N–H and O–H groups in total. The van der Waals surface area contributed by atoms with Gasteiger partial charge in [-0.3, -0.25) is 4.98 Å². The number of hydrogen-bond acceptors (Lipinski definition) is 3. The lowest BCUT2D eigenvalue weighted by Gasteiger charge is -2.22. The Bertz CT molecular complexity index is 769. The minimum absolute atomic E-state index is 0.224. The first-order valence-corrected chi connectivity index (χ1v) is 6.74. The van der Waals surface area contributed by atoms with Gasteiger partial charge in [0.15, 0.2) is 0 Å². The fourth-order valence-electron chi connectivity index (χ4n) is 2.45. The average Bonchev–Trinajstić information content (AvgIpc) is 2.50. The van der Waals surface area contributed by atoms with Crippen molar-refractivity contribution in [2.45, 2.75) is 6.54 Å². The molecule has 0 saturated heterocycles. The van der Waals surface area contributed by atoms with Crippen molar-refractivity contribution in [3.8, 4) is 0 Å². The van der Waals surface area contributed by atoms with E-state index in [1.807, 2.05) is 31.3 Å². The van der Waals surface area contributed by atoms with Gasteiger partial charge >= 0.3 is 0 Å². The molecule has 0 aliphatic rings. The number of nitrogens with zero attached hydrogens (tertiary/aromatic N) is 2. The number of halogens is 1. The molecular weight excluding hydrogens is 265 g/mol. The van der Waals surface area contributed by atoms with Crippen LogP contribution in [0.2, 0.25) is 0 Å². The average molecular weight is 281 g/mol. The summed E-state index contributed by atoms with van der Waals surface area (Å²) in [6, 6.07) is 14.3. The first kappa shape index (κ1) is 13.4. The molecule has 3 rings (SSSR count). The maximum Gasteiger partial charge on any atom is 0.123 e. The molecule has 0 amide bonds. The summed E-state index contributed by atoms with van der Waals surface area (Å²) >= 11 is 0. The monoisotopic (exact) mass is 281 g/mol. The highest BCUT2D eigenvalue weighted by molar-refractivity contribution is 5.97. The van der Waals surface area contributed by atoms with E-state index in [9.17, 15) is 4.39 Å². The smallest absolute Gasteiger partial charge is 0.123 e. The zero-order chi connectivity index (χ0) is 14.8. The zero-order valence-corrected chi connectivity index (χ0v) is 11.8. The molecule has 21 heavy (non-hydrogen) atoms. The number of anilines is 2. The van der Waals surface area contributed by atoms with Crippen LogP contribution in [-0.2, 0) is 6.54 Å². The third kappa shape index (κ3) is 2.65. The predicted octanol–water partition coefficient (Wildman–Crippen LogP) is 3.59. The summed E-state index contributed by atoms with van der Waals surface area (Å²) in [5.74, 6) is -0.224. The van der Waals surface area contributed by atoms with Crippen LogP contribution in [0.1, 0.15) is 5.56 Å². The van der Waals surface area contributed by atoms with Crippen molar-refractivity contribution in [2.75, 3.05) is 17.7 Å². The second-order valence-corrected chi connectivity index (χ2v) is 5.05. The second kappa shape index (κ2) is 5.40. The number of aromatic nitrogens is 1. The van der Waals surface area contributed by atoms with Crippen molar-refractivity contribution in [2.24, 2.45) is 0 Å². The second-order valence-electron chi connectivity index (χ2n) is 5.05. The molecule has 1 heterocycles. The van der Waals surface area contributed by atoms with E-state index in [1.54, 1.807) is 18.3 Å². The minimum atomic E-state index is -0.224. The summed E-state index contributed by atoms with van der Waals surface area (Å²) in [6.07, 6.45) is 1.75. The summed E-state index contributed by atoms with van der Waals surface area (Å²) in [4.78, 5) is 6.35. The quantitative estimate of drug-likeness (QED) is 0.746. The topological polar surface area (TPSA) is 42.2 Å². The standard InChI is InChI=1S/C17H16FN3/c1-21(11-12-4-6-13(18)7-5-12)16-9-8-15-14(17(16)19)3-2-10-20-15/h2-10H,11,19H2,1H3. The molecule has 2 aromatic carbocycles. The van der Waals surface area contributed by atoms with Crippen LogP contribution in [0.25, 0.3) is 10.9 Å². The van der Waals surface area contributed by atoms with E-state index in [0.717, 1.165) is 22.2 Å². The Kier molecular flexibility index (Phi) is 3.44. The van der Waals surface area contributed by atoms with Crippen LogP contribution in [0.3, 0.4) is 0 Å². The lowest BCUT2D eigenvalue weighted by atomic mass is 10.1. The molecule has 0 atom stereocenters. The van der Waals surface area contributed by atoms with Gasteiger partial charge in [0.05, 0.1) is 16.9 Å². The largest absolute Gasteiger partial charge is 0.396 e. The Hall–Kier alpha value is -2.62. The molecule has 0 radical (unpaired) electrons. The first-order chi connectivity index (χ1) is 10.1. The Morgan fingerprint density at radius 2 is 1.86 bits per heavy atom. The molecule has 0 unspecified atom stereocenters. The molecule has 4 heteroatoms. The predicted molar refractivity (Wildman–Crippen MR) is 84.7 cm³/mol. The lowest BCUT2D eigenvalue weighted by Crippen LogP contribution is -2.17. The number of nitrogen functional groups attached to an aromatic ring is 1. The Morgan fingerprint density at radius 3 is 2.62 bits per heavy atom. The maximum absolute atomic E-state index is 12.9. The number of hydrogen-bond donors (Lipinski definition) is 1. The molecule has 0 aliphatic heterocycles. The van der Waals surface area contributed by atoms with Crippen LogP contribution in [0.4, 0.5) is 15.8 Å². The van der Waals surface area contributed by atoms with Crippen LogP contribution in [0.5, 0.6) is 0 Å². The van der Waals surface area contributed by atoms with Gasteiger partial charge in [0.1, 0.15) is 5.82 Å². The fourth-order valence-corrected chi connectivity index (χ4v) is 2.45. The van der Waals surface area contributed by atoms with Crippen molar-refractivity contribution >= 4 is 22.3 Å². The minimum Gasteiger partial charge on any atom is -0.396 e. The van der Waals surface area contributed by atoms with E-state index in [4.69, 9.17) is 5.73 Å². The Balaban J connectivity index is 1.92. The van der Waals surface area contributed by atoms with Crippen molar-refractivity contribution in [1.82, 2.24) is 4.98 Å². The van der Waals surface area contributed by atoms with Gasteiger partial charge in [-0.1, -0.05) is 12.1 Å². The third-order valence-corrected chi connectivity index (χ3v) is 3.55. The summed E-state index contributed by atoms with van der Waals surface area (Å²) in [5, 5.41) is 0.945. The summed E-state index contributed by atoms with van der Waals surface area (Å²) in [5.41, 5.74) is 9.83. The normalized spacial score (nSPS) is 10.8. The van der Waals surface area contributed by atoms with E-state index >= 15 is 0 Å². The maximum atomic E-state index is 12.9. The number of rotatable bonds is 3. The molecule has 0 aliphatic carbocycles. The fraction of sp³-hybridized carbons (Fsp3) is 0.118. The number of pyridine rings is 1. The van der Waals surface area contributed by atoms with E-state index < -0.39 is 0 Å². The lowest BCUT2D eigenvalue weighted by molar-refractivity contribution is 0.627. The van der Waals surface area contributed by atoms with Gasteiger partial charge in [0.25, 0.3) is 0 Å². The van der Waals surface area contributed by atoms with Crippen molar-refractivity contribution in [3.05, 3.63) is 66.1 Å². The van der Waals surface area contributed by atoms with Crippen LogP contribution in [0.15, 0.2) is 54.7 Å². The first-order valence-electron chi connectivity index (χ1n) is 6.74.